The Balaban J connectivity index is 0.000000526. The van der Waals surface area contributed by atoms with E-state index in [1.807, 2.05) is 12.1 Å². The fourth-order valence-electron chi connectivity index (χ4n) is 6.33. The molecule has 2 aromatic heterocycles. The predicted octanol–water partition coefficient (Wildman–Crippen LogP) is -1.36. The van der Waals surface area contributed by atoms with E-state index < -0.39 is 20.5 Å². The molecule has 2 heterocycles. The zero-order valence-electron chi connectivity index (χ0n) is 31.6. The van der Waals surface area contributed by atoms with Crippen LogP contribution in [0.4, 0.5) is 0 Å². The van der Waals surface area contributed by atoms with Crippen molar-refractivity contribution in [2.24, 2.45) is 0 Å². The maximum absolute atomic E-state index is 8.49. The molecule has 0 radical (unpaired) electrons. The van der Waals surface area contributed by atoms with Gasteiger partial charge in [-0.05, 0) is 86.6 Å². The Morgan fingerprint density at radius 3 is 0.966 bits per heavy atom. The number of hydrogen-bond acceptors (Lipinski definition) is 10. The highest BCUT2D eigenvalue weighted by atomic mass is 35.7. The molecule has 0 aliphatic heterocycles. The van der Waals surface area contributed by atoms with Crippen molar-refractivity contribution in [1.82, 2.24) is 19.6 Å². The summed E-state index contributed by atoms with van der Waals surface area (Å²) in [4.78, 5) is 0. The van der Waals surface area contributed by atoms with Crippen molar-refractivity contribution in [3.8, 4) is 45.5 Å². The van der Waals surface area contributed by atoms with Gasteiger partial charge >= 0.3 is 0 Å². The third-order valence-electron chi connectivity index (χ3n) is 8.74. The van der Waals surface area contributed by atoms with E-state index in [9.17, 15) is 0 Å². The smallest absolute Gasteiger partial charge is 0.222 e. The standard InChI is InChI=1S/C43H36N6.2ClHO4/c1-32-23-27-36(28-24-32)46-40(44-48(38-19-11-5-12-20-38)42(46)34-15-7-3-8-16-34)31-41-45-49(39-21-13-6-14-22-39)43(35-17-9-4-10-18-35)47(41)37-29-25-33(2)26-30-37;2*2-1(3,4)5/h3-30H,31H2,1-2H3;2*(H,2,3,4,5)/q+2;;/p-2. The average Bonchev–Trinajstić information content (AvgIpc) is 3.78. The third-order valence-corrected chi connectivity index (χ3v) is 8.74. The van der Waals surface area contributed by atoms with Gasteiger partial charge in [-0.2, -0.15) is 9.13 Å². The zero-order valence-corrected chi connectivity index (χ0v) is 33.1. The zero-order chi connectivity index (χ0) is 42.2. The summed E-state index contributed by atoms with van der Waals surface area (Å²) in [5.41, 5.74) is 8.58. The van der Waals surface area contributed by atoms with Crippen LogP contribution >= 0.6 is 0 Å². The molecule has 0 unspecified atom stereocenters. The Morgan fingerprint density at radius 1 is 0.407 bits per heavy atom. The van der Waals surface area contributed by atoms with Crippen LogP contribution in [-0.4, -0.2) is 19.6 Å². The predicted molar refractivity (Wildman–Crippen MR) is 193 cm³/mol. The molecule has 0 atom stereocenters. The summed E-state index contributed by atoms with van der Waals surface area (Å²) in [6, 6.07) is 59.1. The molecule has 59 heavy (non-hydrogen) atoms. The molecule has 8 aromatic rings. The number of aryl methyl sites for hydroxylation is 2. The molecule has 0 aliphatic carbocycles. The Morgan fingerprint density at radius 2 is 0.678 bits per heavy atom. The molecular formula is C43H36Cl2N6O8. The summed E-state index contributed by atoms with van der Waals surface area (Å²) < 4.78 is 76.6. The fourth-order valence-corrected chi connectivity index (χ4v) is 6.33. The molecule has 16 heteroatoms. The minimum Gasteiger partial charge on any atom is -0.222 e. The number of rotatable bonds is 8. The van der Waals surface area contributed by atoms with E-state index in [0.29, 0.717) is 6.42 Å². The Labute approximate surface area is 343 Å². The summed E-state index contributed by atoms with van der Waals surface area (Å²) in [6.07, 6.45) is 0.459. The maximum atomic E-state index is 8.49. The van der Waals surface area contributed by atoms with Crippen LogP contribution in [0.15, 0.2) is 170 Å². The van der Waals surface area contributed by atoms with Gasteiger partial charge in [-0.1, -0.05) is 118 Å². The van der Waals surface area contributed by atoms with Crippen molar-refractivity contribution in [1.29, 1.82) is 0 Å². The summed E-state index contributed by atoms with van der Waals surface area (Å²) in [5, 5.41) is 10.8. The van der Waals surface area contributed by atoms with Crippen molar-refractivity contribution in [3.63, 3.8) is 0 Å². The first-order valence-corrected chi connectivity index (χ1v) is 20.3. The minimum atomic E-state index is -4.94. The number of aromatic nitrogens is 6. The van der Waals surface area contributed by atoms with Gasteiger partial charge in [0.25, 0.3) is 23.3 Å². The summed E-state index contributed by atoms with van der Waals surface area (Å²) in [7, 11) is -9.89. The highest BCUT2D eigenvalue weighted by Gasteiger charge is 2.36. The second-order valence-electron chi connectivity index (χ2n) is 13.0. The second-order valence-corrected chi connectivity index (χ2v) is 14.5. The van der Waals surface area contributed by atoms with E-state index in [-0.39, 0.29) is 0 Å². The van der Waals surface area contributed by atoms with Crippen LogP contribution in [0, 0.1) is 34.3 Å². The molecule has 0 N–H and O–H groups in total. The Bertz CT molecular complexity index is 2370. The van der Waals surface area contributed by atoms with Gasteiger partial charge in [0.1, 0.15) is 29.2 Å². The average molecular weight is 836 g/mol. The lowest BCUT2D eigenvalue weighted by atomic mass is 10.1. The van der Waals surface area contributed by atoms with E-state index in [2.05, 4.69) is 190 Å². The number of halogens is 2. The summed E-state index contributed by atoms with van der Waals surface area (Å²) in [5.74, 6) is 3.67. The normalized spacial score (nSPS) is 11.3. The summed E-state index contributed by atoms with van der Waals surface area (Å²) >= 11 is 0. The molecule has 8 rings (SSSR count). The molecule has 0 saturated heterocycles. The van der Waals surface area contributed by atoms with E-state index >= 15 is 0 Å². The topological polar surface area (TPSA) is 228 Å². The highest BCUT2D eigenvalue weighted by Crippen LogP contribution is 2.26. The van der Waals surface area contributed by atoms with Crippen LogP contribution in [0.3, 0.4) is 0 Å². The molecular weight excluding hydrogens is 799 g/mol. The van der Waals surface area contributed by atoms with Crippen molar-refractivity contribution in [2.45, 2.75) is 20.3 Å². The lowest BCUT2D eigenvalue weighted by Crippen LogP contribution is -2.68. The van der Waals surface area contributed by atoms with Crippen LogP contribution < -0.4 is 46.4 Å². The van der Waals surface area contributed by atoms with Gasteiger partial charge in [-0.15, -0.1) is 20.5 Å². The number of benzene rings is 6. The van der Waals surface area contributed by atoms with Gasteiger partial charge in [0.15, 0.2) is 0 Å². The fraction of sp³-hybridized carbons (Fsp3) is 0.0698. The van der Waals surface area contributed by atoms with Gasteiger partial charge < -0.3 is 0 Å². The second kappa shape index (κ2) is 18.6. The third kappa shape index (κ3) is 11.5. The van der Waals surface area contributed by atoms with Crippen LogP contribution in [0.2, 0.25) is 0 Å². The van der Waals surface area contributed by atoms with Gasteiger partial charge in [0, 0.05) is 10.2 Å². The molecule has 0 aliphatic rings. The van der Waals surface area contributed by atoms with Crippen LogP contribution in [0.1, 0.15) is 22.8 Å². The Hall–Kier alpha value is -6.14. The van der Waals surface area contributed by atoms with E-state index in [1.54, 1.807) is 0 Å². The molecule has 0 bridgehead atoms. The van der Waals surface area contributed by atoms with E-state index in [1.165, 1.54) is 11.1 Å². The number of hydrogen-bond donors (Lipinski definition) is 0. The minimum absolute atomic E-state index is 0.459. The van der Waals surface area contributed by atoms with Crippen LogP contribution in [0.5, 0.6) is 0 Å². The van der Waals surface area contributed by atoms with Crippen molar-refractivity contribution in [3.05, 3.63) is 193 Å². The number of para-hydroxylation sites is 2. The van der Waals surface area contributed by atoms with Crippen molar-refractivity contribution in [2.75, 3.05) is 0 Å². The molecule has 0 amide bonds. The van der Waals surface area contributed by atoms with Gasteiger partial charge in [0.2, 0.25) is 0 Å². The Kier molecular flexibility index (Phi) is 13.4. The van der Waals surface area contributed by atoms with Crippen LogP contribution in [0.25, 0.3) is 45.5 Å². The van der Waals surface area contributed by atoms with E-state index in [0.717, 1.165) is 57.2 Å². The quantitative estimate of drug-likeness (QED) is 0.163. The molecule has 0 fully saturated rings. The lowest BCUT2D eigenvalue weighted by molar-refractivity contribution is -2.00. The lowest BCUT2D eigenvalue weighted by Gasteiger charge is -2.17. The SMILES string of the molecule is Cc1ccc(-[n+]2c(Cc3nn(-c4ccccc4)c(-c4ccccc4)[n+]3-c3ccc(C)cc3)nn(-c3ccccc3)c2-c2ccccc2)cc1.[O-][Cl+3]([O-])([O-])[O-].[O-][Cl+3]([O-])([O-])[O-]. The molecule has 0 spiro atoms. The molecule has 0 saturated carbocycles. The first-order chi connectivity index (χ1) is 28.1. The maximum Gasteiger partial charge on any atom is 0.294 e. The van der Waals surface area contributed by atoms with Gasteiger partial charge in [-0.25, -0.2) is 37.3 Å². The molecule has 300 valence electrons. The van der Waals surface area contributed by atoms with Crippen molar-refractivity contribution >= 4 is 0 Å². The highest BCUT2D eigenvalue weighted by molar-refractivity contribution is 5.57. The summed E-state index contributed by atoms with van der Waals surface area (Å²) in [6.45, 7) is 4.24. The van der Waals surface area contributed by atoms with Crippen molar-refractivity contribution < 1.29 is 66.9 Å². The monoisotopic (exact) mass is 834 g/mol. The first-order valence-electron chi connectivity index (χ1n) is 17.8. The largest absolute Gasteiger partial charge is 0.294 e. The van der Waals surface area contributed by atoms with E-state index in [4.69, 9.17) is 47.5 Å². The molecule has 6 aromatic carbocycles. The van der Waals surface area contributed by atoms with Gasteiger partial charge in [0.05, 0.1) is 11.1 Å². The first kappa shape index (κ1) is 42.5. The van der Waals surface area contributed by atoms with Crippen LogP contribution in [-0.2, 0) is 6.42 Å². The van der Waals surface area contributed by atoms with Gasteiger partial charge in [-0.3, -0.25) is 0 Å². The molecule has 14 nitrogen and oxygen atoms in total. The number of nitrogens with zero attached hydrogens (tertiary/aromatic N) is 6.